The van der Waals surface area contributed by atoms with Crippen LogP contribution in [0.1, 0.15) is 24.2 Å². The van der Waals surface area contributed by atoms with Gasteiger partial charge < -0.3 is 4.57 Å². The first-order valence-electron chi connectivity index (χ1n) is 6.76. The maximum Gasteiger partial charge on any atom is 0.181 e. The van der Waals surface area contributed by atoms with Crippen molar-refractivity contribution >= 4 is 11.3 Å². The second-order valence-electron chi connectivity index (χ2n) is 5.24. The molecule has 3 rings (SSSR count). The van der Waals surface area contributed by atoms with Crippen molar-refractivity contribution in [2.75, 3.05) is 0 Å². The van der Waals surface area contributed by atoms with E-state index in [1.165, 1.54) is 12.1 Å². The molecule has 0 fully saturated rings. The maximum atomic E-state index is 12.1. The molecule has 0 bridgehead atoms. The molecule has 0 radical (unpaired) electrons. The molecule has 0 unspecified atom stereocenters. The Hall–Kier alpha value is -2.69. The zero-order valence-electron chi connectivity index (χ0n) is 11.9. The number of hydrogen-bond acceptors (Lipinski definition) is 3. The Morgan fingerprint density at radius 2 is 1.86 bits per heavy atom. The van der Waals surface area contributed by atoms with Gasteiger partial charge in [0.05, 0.1) is 29.2 Å². The smallest absolute Gasteiger partial charge is 0.181 e. The number of nitrogens with zero attached hydrogens (tertiary/aromatic N) is 3. The van der Waals surface area contributed by atoms with Crippen molar-refractivity contribution in [3.05, 3.63) is 64.8 Å². The summed E-state index contributed by atoms with van der Waals surface area (Å²) in [4.78, 5) is 23.3. The van der Waals surface area contributed by atoms with E-state index in [1.807, 2.05) is 36.7 Å². The molecule has 0 N–H and O–H groups in total. The highest BCUT2D eigenvalue weighted by Gasteiger charge is 2.15. The third-order valence-electron chi connectivity index (χ3n) is 3.39. The first kappa shape index (κ1) is 13.3. The van der Waals surface area contributed by atoms with Crippen LogP contribution in [0, 0.1) is 5.92 Å². The Balaban J connectivity index is 2.08. The van der Waals surface area contributed by atoms with Gasteiger partial charge in [0.1, 0.15) is 0 Å². The number of Topliss-reactive ketones (excluding diaryl/α,β-unsaturated/α-hetero) is 1. The molecule has 0 amide bonds. The Labute approximate surface area is 121 Å². The van der Waals surface area contributed by atoms with Gasteiger partial charge in [0.2, 0.25) is 0 Å². The molecule has 0 aliphatic rings. The molecule has 0 aromatic carbocycles. The van der Waals surface area contributed by atoms with E-state index in [4.69, 9.17) is 0 Å². The van der Waals surface area contributed by atoms with E-state index in [0.717, 1.165) is 11.2 Å². The lowest BCUT2D eigenvalue weighted by Gasteiger charge is -2.07. The summed E-state index contributed by atoms with van der Waals surface area (Å²) in [6, 6.07) is 6.77. The van der Waals surface area contributed by atoms with Crippen molar-refractivity contribution in [2.45, 2.75) is 13.8 Å². The third kappa shape index (κ3) is 2.38. The van der Waals surface area contributed by atoms with Crippen LogP contribution in [-0.2, 0) is 0 Å². The summed E-state index contributed by atoms with van der Waals surface area (Å²) in [5.74, 6) is 0.0257. The molecule has 3 aromatic rings. The summed E-state index contributed by atoms with van der Waals surface area (Å²) in [6.07, 6.45) is 6.84. The van der Waals surface area contributed by atoms with E-state index in [2.05, 4.69) is 5.10 Å². The lowest BCUT2D eigenvalue weighted by Crippen LogP contribution is -2.07. The molecule has 0 spiro atoms. The predicted octanol–water partition coefficient (Wildman–Crippen LogP) is 2.32. The van der Waals surface area contributed by atoms with Crippen LogP contribution in [0.4, 0.5) is 0 Å². The number of pyridine rings is 2. The van der Waals surface area contributed by atoms with Crippen molar-refractivity contribution in [1.82, 2.24) is 14.2 Å². The second-order valence-corrected chi connectivity index (χ2v) is 5.24. The highest BCUT2D eigenvalue weighted by molar-refractivity contribution is 6.03. The lowest BCUT2D eigenvalue weighted by molar-refractivity contribution is 0.0941. The topological polar surface area (TPSA) is 56.4 Å². The summed E-state index contributed by atoms with van der Waals surface area (Å²) < 4.78 is 3.51. The molecule has 0 atom stereocenters. The van der Waals surface area contributed by atoms with Crippen LogP contribution >= 0.6 is 0 Å². The summed E-state index contributed by atoms with van der Waals surface area (Å²) in [5, 5.41) is 4.25. The molecule has 0 saturated heterocycles. The minimum absolute atomic E-state index is 0.0313. The van der Waals surface area contributed by atoms with Crippen LogP contribution in [0.15, 0.2) is 53.8 Å². The molecule has 5 heteroatoms. The zero-order chi connectivity index (χ0) is 15.0. The molecule has 0 aliphatic carbocycles. The Morgan fingerprint density at radius 1 is 1.14 bits per heavy atom. The van der Waals surface area contributed by atoms with Gasteiger partial charge in [-0.25, -0.2) is 4.52 Å². The largest absolute Gasteiger partial charge is 0.322 e. The van der Waals surface area contributed by atoms with Gasteiger partial charge in [0.15, 0.2) is 11.2 Å². The van der Waals surface area contributed by atoms with Crippen LogP contribution in [0.5, 0.6) is 0 Å². The van der Waals surface area contributed by atoms with Gasteiger partial charge in [-0.05, 0) is 12.1 Å². The quantitative estimate of drug-likeness (QED) is 0.692. The number of ketones is 1. The SMILES string of the molecule is CC(C)C(=O)c1cnn2cc(-n3ccc(=O)cc3)ccc12. The number of rotatable bonds is 3. The van der Waals surface area contributed by atoms with Gasteiger partial charge in [-0.3, -0.25) is 9.59 Å². The molecular weight excluding hydrogens is 266 g/mol. The number of aromatic nitrogens is 3. The molecule has 3 heterocycles. The molecule has 0 aliphatic heterocycles. The Kier molecular flexibility index (Phi) is 3.17. The van der Waals surface area contributed by atoms with Gasteiger partial charge >= 0.3 is 0 Å². The fourth-order valence-corrected chi connectivity index (χ4v) is 2.21. The van der Waals surface area contributed by atoms with Crippen LogP contribution in [-0.4, -0.2) is 20.0 Å². The average molecular weight is 281 g/mol. The van der Waals surface area contributed by atoms with Crippen molar-refractivity contribution < 1.29 is 4.79 Å². The lowest BCUT2D eigenvalue weighted by atomic mass is 10.0. The zero-order valence-corrected chi connectivity index (χ0v) is 11.9. The maximum absolute atomic E-state index is 12.1. The van der Waals surface area contributed by atoms with Crippen LogP contribution in [0.2, 0.25) is 0 Å². The van der Waals surface area contributed by atoms with E-state index in [-0.39, 0.29) is 17.1 Å². The second kappa shape index (κ2) is 5.01. The summed E-state index contributed by atoms with van der Waals surface area (Å²) in [5.41, 5.74) is 2.26. The normalized spacial score (nSPS) is 11.2. The molecule has 0 saturated carbocycles. The molecule has 106 valence electrons. The molecule has 3 aromatic heterocycles. The monoisotopic (exact) mass is 281 g/mol. The van der Waals surface area contributed by atoms with E-state index in [1.54, 1.807) is 23.1 Å². The Bertz CT molecular complexity index is 854. The molecule has 5 nitrogen and oxygen atoms in total. The van der Waals surface area contributed by atoms with Crippen LogP contribution in [0.3, 0.4) is 0 Å². The fourth-order valence-electron chi connectivity index (χ4n) is 2.21. The van der Waals surface area contributed by atoms with Gasteiger partial charge in [0, 0.05) is 30.4 Å². The molecular formula is C16H15N3O2. The van der Waals surface area contributed by atoms with Crippen LogP contribution in [0.25, 0.3) is 11.2 Å². The first-order chi connectivity index (χ1) is 10.1. The number of carbonyl (C=O) groups is 1. The summed E-state index contributed by atoms with van der Waals surface area (Å²) in [6.45, 7) is 3.75. The number of fused-ring (bicyclic) bond motifs is 1. The minimum atomic E-state index is -0.0587. The van der Waals surface area contributed by atoms with E-state index >= 15 is 0 Å². The average Bonchev–Trinajstić information content (AvgIpc) is 2.90. The minimum Gasteiger partial charge on any atom is -0.322 e. The van der Waals surface area contributed by atoms with E-state index in [9.17, 15) is 9.59 Å². The van der Waals surface area contributed by atoms with Gasteiger partial charge in [-0.2, -0.15) is 5.10 Å². The van der Waals surface area contributed by atoms with Gasteiger partial charge in [0.25, 0.3) is 0 Å². The van der Waals surface area contributed by atoms with Crippen molar-refractivity contribution in [2.24, 2.45) is 5.92 Å². The first-order valence-corrected chi connectivity index (χ1v) is 6.76. The van der Waals surface area contributed by atoms with Crippen molar-refractivity contribution in [3.8, 4) is 5.69 Å². The number of carbonyl (C=O) groups excluding carboxylic acids is 1. The summed E-state index contributed by atoms with van der Waals surface area (Å²) >= 11 is 0. The molecule has 21 heavy (non-hydrogen) atoms. The predicted molar refractivity (Wildman–Crippen MR) is 80.0 cm³/mol. The van der Waals surface area contributed by atoms with Gasteiger partial charge in [-0.15, -0.1) is 0 Å². The highest BCUT2D eigenvalue weighted by atomic mass is 16.1. The standard InChI is InChI=1S/C16H15N3O2/c1-11(2)16(21)14-9-17-19-10-12(3-4-15(14)19)18-7-5-13(20)6-8-18/h3-11H,1-2H3. The van der Waals surface area contributed by atoms with E-state index < -0.39 is 0 Å². The highest BCUT2D eigenvalue weighted by Crippen LogP contribution is 2.17. The fraction of sp³-hybridized carbons (Fsp3) is 0.188. The number of hydrogen-bond donors (Lipinski definition) is 0. The van der Waals surface area contributed by atoms with Crippen molar-refractivity contribution in [1.29, 1.82) is 0 Å². The van der Waals surface area contributed by atoms with E-state index in [0.29, 0.717) is 5.56 Å². The Morgan fingerprint density at radius 3 is 2.52 bits per heavy atom. The van der Waals surface area contributed by atoms with Crippen LogP contribution < -0.4 is 5.43 Å². The van der Waals surface area contributed by atoms with Crippen molar-refractivity contribution in [3.63, 3.8) is 0 Å². The summed E-state index contributed by atoms with van der Waals surface area (Å²) in [7, 11) is 0. The third-order valence-corrected chi connectivity index (χ3v) is 3.39. The van der Waals surface area contributed by atoms with Gasteiger partial charge in [-0.1, -0.05) is 13.8 Å².